The summed E-state index contributed by atoms with van der Waals surface area (Å²) >= 11 is 0. The molecule has 0 saturated carbocycles. The Labute approximate surface area is 273 Å². The topological polar surface area (TPSA) is 73.8 Å². The van der Waals surface area contributed by atoms with Crippen LogP contribution in [0.2, 0.25) is 0 Å². The Morgan fingerprint density at radius 1 is 0.604 bits per heavy atom. The van der Waals surface area contributed by atoms with Crippen LogP contribution in [-0.2, 0) is 6.42 Å². The highest BCUT2D eigenvalue weighted by molar-refractivity contribution is 6.06. The summed E-state index contributed by atoms with van der Waals surface area (Å²) in [4.78, 5) is 13.9. The van der Waals surface area contributed by atoms with Crippen LogP contribution < -0.4 is 0 Å². The lowest BCUT2D eigenvalue weighted by atomic mass is 9.95. The minimum atomic E-state index is 0.780. The van der Waals surface area contributed by atoms with Crippen molar-refractivity contribution in [3.8, 4) is 27.9 Å². The fourth-order valence-electron chi connectivity index (χ4n) is 7.52. The maximum absolute atomic E-state index is 6.17. The third kappa shape index (κ3) is 3.61. The van der Waals surface area contributed by atoms with Gasteiger partial charge < -0.3 is 8.83 Å². The zero-order valence-corrected chi connectivity index (χ0v) is 25.6. The molecule has 5 aromatic carbocycles. The van der Waals surface area contributed by atoms with E-state index in [9.17, 15) is 0 Å². The molecule has 0 bridgehead atoms. The molecule has 0 fully saturated rings. The average Bonchev–Trinajstić information content (AvgIpc) is 3.89. The molecule has 5 aromatic heterocycles. The lowest BCUT2D eigenvalue weighted by Crippen LogP contribution is -1.99. The molecule has 0 atom stereocenters. The summed E-state index contributed by atoms with van der Waals surface area (Å²) in [6, 6.07) is 38.7. The lowest BCUT2D eigenvalue weighted by molar-refractivity contribution is 0.598. The summed E-state index contributed by atoms with van der Waals surface area (Å²) in [5.74, 6) is 1.74. The molecule has 11 rings (SSSR count). The number of para-hydroxylation sites is 4. The normalized spacial score (nSPS) is 13.2. The number of fused-ring (bicyclic) bond motifs is 11. The monoisotopic (exact) mass is 619 g/mol. The fraction of sp³-hybridized carbons (Fsp3) is 0.0488. The van der Waals surface area contributed by atoms with Crippen molar-refractivity contribution in [2.24, 2.45) is 4.99 Å². The second kappa shape index (κ2) is 9.53. The number of aliphatic imine (C=N–C) groups is 1. The van der Waals surface area contributed by atoms with Gasteiger partial charge in [0.05, 0.1) is 40.2 Å². The number of aromatic nitrogens is 4. The lowest BCUT2D eigenvalue weighted by Gasteiger charge is -2.13. The summed E-state index contributed by atoms with van der Waals surface area (Å²) in [5, 5.41) is 3.27. The van der Waals surface area contributed by atoms with Crippen LogP contribution in [0.4, 0.5) is 0 Å². The van der Waals surface area contributed by atoms with E-state index < -0.39 is 0 Å². The molecule has 48 heavy (non-hydrogen) atoms. The van der Waals surface area contributed by atoms with Crippen molar-refractivity contribution < 1.29 is 8.83 Å². The van der Waals surface area contributed by atoms with E-state index in [0.717, 1.165) is 107 Å². The minimum absolute atomic E-state index is 0.780. The van der Waals surface area contributed by atoms with E-state index in [4.69, 9.17) is 13.8 Å². The predicted molar refractivity (Wildman–Crippen MR) is 191 cm³/mol. The first-order valence-electron chi connectivity index (χ1n) is 16.1. The zero-order valence-electron chi connectivity index (χ0n) is 25.6. The molecule has 0 unspecified atom stereocenters. The van der Waals surface area contributed by atoms with Gasteiger partial charge in [0.15, 0.2) is 5.58 Å². The van der Waals surface area contributed by atoms with E-state index in [0.29, 0.717) is 0 Å². The van der Waals surface area contributed by atoms with Gasteiger partial charge in [0.2, 0.25) is 5.78 Å². The predicted octanol–water partition coefficient (Wildman–Crippen LogP) is 9.78. The highest BCUT2D eigenvalue weighted by atomic mass is 16.3. The molecule has 6 heterocycles. The Hall–Kier alpha value is -6.47. The van der Waals surface area contributed by atoms with Crippen molar-refractivity contribution in [1.29, 1.82) is 0 Å². The van der Waals surface area contributed by atoms with Crippen LogP contribution in [0.1, 0.15) is 11.3 Å². The van der Waals surface area contributed by atoms with E-state index in [1.807, 2.05) is 24.5 Å². The number of hydrogen-bond acceptors (Lipinski definition) is 5. The van der Waals surface area contributed by atoms with Gasteiger partial charge in [-0.2, -0.15) is 0 Å². The third-order valence-electron chi connectivity index (χ3n) is 9.74. The summed E-state index contributed by atoms with van der Waals surface area (Å²) < 4.78 is 16.9. The molecule has 7 heteroatoms. The molecule has 0 N–H and O–H groups in total. The van der Waals surface area contributed by atoms with Crippen molar-refractivity contribution >= 4 is 67.0 Å². The molecule has 0 radical (unpaired) electrons. The van der Waals surface area contributed by atoms with Gasteiger partial charge in [-0.3, -0.25) is 18.9 Å². The number of imidazole rings is 2. The van der Waals surface area contributed by atoms with E-state index in [1.165, 1.54) is 5.56 Å². The maximum Gasteiger partial charge on any atom is 0.220 e. The van der Waals surface area contributed by atoms with Gasteiger partial charge in [-0.25, -0.2) is 4.98 Å². The summed E-state index contributed by atoms with van der Waals surface area (Å²) in [7, 11) is 0. The Bertz CT molecular complexity index is 2970. The Morgan fingerprint density at radius 2 is 1.35 bits per heavy atom. The molecule has 1 aliphatic heterocycles. The number of benzene rings is 5. The van der Waals surface area contributed by atoms with Gasteiger partial charge in [-0.05, 0) is 101 Å². The summed E-state index contributed by atoms with van der Waals surface area (Å²) in [6.45, 7) is 0.780. The van der Waals surface area contributed by atoms with Crippen LogP contribution in [0.3, 0.4) is 0 Å². The van der Waals surface area contributed by atoms with Crippen molar-refractivity contribution in [3.05, 3.63) is 133 Å². The molecule has 0 spiro atoms. The van der Waals surface area contributed by atoms with Crippen LogP contribution in [0.15, 0.2) is 135 Å². The van der Waals surface area contributed by atoms with E-state index in [2.05, 4.69) is 116 Å². The largest absolute Gasteiger partial charge is 0.455 e. The molecule has 1 aliphatic rings. The molecule has 0 amide bonds. The SMILES string of the molecule is C1=NCCc2c1oc1ccc(-c3cc(-c4ccc5oc6cnccc6c5c4)cc(-n4c5ccccc5n5c6ccccc6nc45)c3)cc21. The van der Waals surface area contributed by atoms with Crippen LogP contribution in [-0.4, -0.2) is 31.7 Å². The number of furan rings is 2. The van der Waals surface area contributed by atoms with Gasteiger partial charge >= 0.3 is 0 Å². The second-order valence-electron chi connectivity index (χ2n) is 12.5. The quantitative estimate of drug-likeness (QED) is 0.197. The zero-order chi connectivity index (χ0) is 31.3. The first-order valence-corrected chi connectivity index (χ1v) is 16.1. The van der Waals surface area contributed by atoms with E-state index >= 15 is 0 Å². The summed E-state index contributed by atoms with van der Waals surface area (Å²) in [5.41, 5.74) is 13.5. The standard InChI is InChI=1S/C41H25N5O2/c1-2-6-34-33(5-1)44-41-45(35-7-3-4-8-36(35)46(34)41)28-18-26(24-9-11-37-31(20-24)29-13-15-42-22-39(29)47-37)17-27(19-28)25-10-12-38-32(21-25)30-14-16-43-23-40(30)48-38/h1-13,15,17-23H,14,16H2. The molecule has 7 nitrogen and oxygen atoms in total. The molecular weight excluding hydrogens is 594 g/mol. The van der Waals surface area contributed by atoms with E-state index in [-0.39, 0.29) is 0 Å². The molecule has 226 valence electrons. The number of rotatable bonds is 3. The summed E-state index contributed by atoms with van der Waals surface area (Å²) in [6.07, 6.45) is 6.33. The van der Waals surface area contributed by atoms with Crippen molar-refractivity contribution in [3.63, 3.8) is 0 Å². The van der Waals surface area contributed by atoms with Crippen LogP contribution >= 0.6 is 0 Å². The van der Waals surface area contributed by atoms with E-state index in [1.54, 1.807) is 6.20 Å². The molecule has 10 aromatic rings. The fourth-order valence-corrected chi connectivity index (χ4v) is 7.52. The Balaban J connectivity index is 1.20. The van der Waals surface area contributed by atoms with Crippen LogP contribution in [0.25, 0.3) is 88.7 Å². The highest BCUT2D eigenvalue weighted by Gasteiger charge is 2.20. The van der Waals surface area contributed by atoms with Crippen molar-refractivity contribution in [2.75, 3.05) is 6.54 Å². The smallest absolute Gasteiger partial charge is 0.220 e. The molecule has 0 saturated heterocycles. The second-order valence-corrected chi connectivity index (χ2v) is 12.5. The van der Waals surface area contributed by atoms with Gasteiger partial charge in [0.1, 0.15) is 16.9 Å². The van der Waals surface area contributed by atoms with Gasteiger partial charge in [-0.1, -0.05) is 36.4 Å². The van der Waals surface area contributed by atoms with Crippen LogP contribution in [0.5, 0.6) is 0 Å². The van der Waals surface area contributed by atoms with Crippen LogP contribution in [0, 0.1) is 0 Å². The minimum Gasteiger partial charge on any atom is -0.455 e. The third-order valence-corrected chi connectivity index (χ3v) is 9.74. The molecular formula is C41H25N5O2. The Morgan fingerprint density at radius 3 is 2.21 bits per heavy atom. The van der Waals surface area contributed by atoms with Gasteiger partial charge in [0.25, 0.3) is 0 Å². The first-order chi connectivity index (χ1) is 23.8. The van der Waals surface area contributed by atoms with Crippen molar-refractivity contribution in [2.45, 2.75) is 6.42 Å². The maximum atomic E-state index is 6.17. The van der Waals surface area contributed by atoms with Crippen molar-refractivity contribution in [1.82, 2.24) is 18.9 Å². The number of nitrogens with zero attached hydrogens (tertiary/aromatic N) is 5. The van der Waals surface area contributed by atoms with Gasteiger partial charge in [-0.15, -0.1) is 0 Å². The number of pyridine rings is 1. The highest BCUT2D eigenvalue weighted by Crippen LogP contribution is 2.38. The number of hydrogen-bond donors (Lipinski definition) is 0. The first kappa shape index (κ1) is 25.7. The average molecular weight is 620 g/mol. The molecule has 0 aliphatic carbocycles. The Kier molecular flexibility index (Phi) is 5.10. The van der Waals surface area contributed by atoms with Gasteiger partial charge in [0, 0.05) is 34.5 Å².